The number of nitrogens with zero attached hydrogens (tertiary/aromatic N) is 1. The summed E-state index contributed by atoms with van der Waals surface area (Å²) in [7, 11) is 0. The molecule has 1 saturated heterocycles. The number of amides is 3. The minimum atomic E-state index is -0.0648. The molecule has 1 aliphatic rings. The topological polar surface area (TPSA) is 61.4 Å². The highest BCUT2D eigenvalue weighted by molar-refractivity contribution is 5.90. The fraction of sp³-hybridized carbons (Fsp3) is 0.500. The minimum Gasteiger partial charge on any atom is -0.353 e. The van der Waals surface area contributed by atoms with Crippen molar-refractivity contribution in [2.75, 3.05) is 18.4 Å². The van der Waals surface area contributed by atoms with Crippen molar-refractivity contribution in [3.8, 4) is 0 Å². The van der Waals surface area contributed by atoms with Crippen LogP contribution < -0.4 is 10.6 Å². The number of piperidine rings is 1. The molecule has 0 atom stereocenters. The van der Waals surface area contributed by atoms with Crippen molar-refractivity contribution in [1.29, 1.82) is 0 Å². The van der Waals surface area contributed by atoms with Crippen LogP contribution >= 0.6 is 0 Å². The van der Waals surface area contributed by atoms with Gasteiger partial charge in [-0.05, 0) is 43.9 Å². The monoisotopic (exact) mass is 289 g/mol. The number of urea groups is 1. The molecule has 21 heavy (non-hydrogen) atoms. The molecule has 2 N–H and O–H groups in total. The first kappa shape index (κ1) is 15.4. The van der Waals surface area contributed by atoms with E-state index in [2.05, 4.69) is 10.6 Å². The standard InChI is InChI=1S/C16H23N3O2/c1-11-4-5-12(2)15(10-11)18-16(21)19-8-6-14(7-9-19)17-13(3)20/h4-5,10,14H,6-9H2,1-3H3,(H,17,20)(H,18,21). The Balaban J connectivity index is 1.90. The maximum atomic E-state index is 12.3. The molecule has 0 unspecified atom stereocenters. The smallest absolute Gasteiger partial charge is 0.321 e. The van der Waals surface area contributed by atoms with E-state index in [1.807, 2.05) is 32.0 Å². The van der Waals surface area contributed by atoms with Gasteiger partial charge in [0.15, 0.2) is 0 Å². The van der Waals surface area contributed by atoms with Crippen molar-refractivity contribution in [2.24, 2.45) is 0 Å². The van der Waals surface area contributed by atoms with Crippen molar-refractivity contribution in [1.82, 2.24) is 10.2 Å². The lowest BCUT2D eigenvalue weighted by atomic mass is 10.1. The SMILES string of the molecule is CC(=O)NC1CCN(C(=O)Nc2cc(C)ccc2C)CC1. The molecule has 0 aromatic heterocycles. The Labute approximate surface area is 125 Å². The van der Waals surface area contributed by atoms with E-state index in [0.717, 1.165) is 29.7 Å². The maximum absolute atomic E-state index is 12.3. The van der Waals surface area contributed by atoms with Crippen LogP contribution in [0.1, 0.15) is 30.9 Å². The molecule has 5 heteroatoms. The predicted octanol–water partition coefficient (Wildman–Crippen LogP) is 2.44. The molecule has 1 aromatic carbocycles. The Morgan fingerprint density at radius 1 is 1.19 bits per heavy atom. The van der Waals surface area contributed by atoms with Gasteiger partial charge < -0.3 is 15.5 Å². The Bertz CT molecular complexity index is 534. The van der Waals surface area contributed by atoms with Gasteiger partial charge in [-0.1, -0.05) is 12.1 Å². The van der Waals surface area contributed by atoms with Crippen LogP contribution in [0.3, 0.4) is 0 Å². The van der Waals surface area contributed by atoms with Crippen LogP contribution in [0.2, 0.25) is 0 Å². The van der Waals surface area contributed by atoms with E-state index in [-0.39, 0.29) is 18.0 Å². The summed E-state index contributed by atoms with van der Waals surface area (Å²) in [5, 5.41) is 5.89. The molecular formula is C16H23N3O2. The van der Waals surface area contributed by atoms with Gasteiger partial charge in [0.1, 0.15) is 0 Å². The van der Waals surface area contributed by atoms with Crippen molar-refractivity contribution >= 4 is 17.6 Å². The summed E-state index contributed by atoms with van der Waals surface area (Å²) in [4.78, 5) is 25.1. The zero-order chi connectivity index (χ0) is 15.4. The lowest BCUT2D eigenvalue weighted by molar-refractivity contribution is -0.119. The summed E-state index contributed by atoms with van der Waals surface area (Å²) < 4.78 is 0. The number of hydrogen-bond donors (Lipinski definition) is 2. The van der Waals surface area contributed by atoms with Gasteiger partial charge in [0.25, 0.3) is 0 Å². The van der Waals surface area contributed by atoms with E-state index in [1.54, 1.807) is 4.90 Å². The number of hydrogen-bond acceptors (Lipinski definition) is 2. The third-order valence-electron chi connectivity index (χ3n) is 3.82. The zero-order valence-electron chi connectivity index (χ0n) is 12.9. The van der Waals surface area contributed by atoms with Gasteiger partial charge in [-0.25, -0.2) is 4.79 Å². The molecule has 2 rings (SSSR count). The molecule has 0 spiro atoms. The number of nitrogens with one attached hydrogen (secondary N) is 2. The van der Waals surface area contributed by atoms with Crippen molar-refractivity contribution < 1.29 is 9.59 Å². The summed E-state index contributed by atoms with van der Waals surface area (Å²) in [5.41, 5.74) is 3.05. The number of carbonyl (C=O) groups is 2. The molecular weight excluding hydrogens is 266 g/mol. The van der Waals surface area contributed by atoms with Crippen molar-refractivity contribution in [3.63, 3.8) is 0 Å². The van der Waals surface area contributed by atoms with Gasteiger partial charge in [-0.3, -0.25) is 4.79 Å². The van der Waals surface area contributed by atoms with E-state index in [0.29, 0.717) is 13.1 Å². The highest BCUT2D eigenvalue weighted by Crippen LogP contribution is 2.18. The van der Waals surface area contributed by atoms with Gasteiger partial charge in [0.2, 0.25) is 5.91 Å². The van der Waals surface area contributed by atoms with E-state index in [1.165, 1.54) is 6.92 Å². The quantitative estimate of drug-likeness (QED) is 0.878. The molecule has 1 fully saturated rings. The van der Waals surface area contributed by atoms with Crippen LogP contribution in [-0.4, -0.2) is 36.0 Å². The molecule has 0 aliphatic carbocycles. The summed E-state index contributed by atoms with van der Waals surface area (Å²) in [6, 6.07) is 6.15. The summed E-state index contributed by atoms with van der Waals surface area (Å²) in [6.45, 7) is 6.86. The first-order valence-corrected chi connectivity index (χ1v) is 7.36. The van der Waals surface area contributed by atoms with Crippen LogP contribution in [0, 0.1) is 13.8 Å². The molecule has 0 radical (unpaired) electrons. The Morgan fingerprint density at radius 2 is 1.86 bits per heavy atom. The number of likely N-dealkylation sites (tertiary alicyclic amines) is 1. The van der Waals surface area contributed by atoms with E-state index in [4.69, 9.17) is 0 Å². The average Bonchev–Trinajstić information content (AvgIpc) is 2.43. The number of benzene rings is 1. The number of anilines is 1. The molecule has 1 aromatic rings. The molecule has 3 amide bonds. The first-order valence-electron chi connectivity index (χ1n) is 7.36. The lowest BCUT2D eigenvalue weighted by Crippen LogP contribution is -2.47. The Morgan fingerprint density at radius 3 is 2.48 bits per heavy atom. The van der Waals surface area contributed by atoms with Crippen LogP contribution in [0.5, 0.6) is 0 Å². The lowest BCUT2D eigenvalue weighted by Gasteiger charge is -2.32. The van der Waals surface area contributed by atoms with Crippen LogP contribution in [0.25, 0.3) is 0 Å². The first-order chi connectivity index (χ1) is 9.95. The van der Waals surface area contributed by atoms with E-state index < -0.39 is 0 Å². The Kier molecular flexibility index (Phi) is 4.83. The van der Waals surface area contributed by atoms with Gasteiger partial charge in [-0.15, -0.1) is 0 Å². The average molecular weight is 289 g/mol. The molecule has 0 saturated carbocycles. The predicted molar refractivity (Wildman–Crippen MR) is 83.3 cm³/mol. The van der Waals surface area contributed by atoms with Crippen LogP contribution in [0.15, 0.2) is 18.2 Å². The Hall–Kier alpha value is -2.04. The number of aryl methyl sites for hydroxylation is 2. The second-order valence-corrected chi connectivity index (χ2v) is 5.71. The number of carbonyl (C=O) groups excluding carboxylic acids is 2. The fourth-order valence-corrected chi connectivity index (χ4v) is 2.58. The van der Waals surface area contributed by atoms with E-state index in [9.17, 15) is 9.59 Å². The molecule has 0 bridgehead atoms. The van der Waals surface area contributed by atoms with Gasteiger partial charge in [-0.2, -0.15) is 0 Å². The summed E-state index contributed by atoms with van der Waals surface area (Å²) >= 11 is 0. The summed E-state index contributed by atoms with van der Waals surface area (Å²) in [6.07, 6.45) is 1.61. The maximum Gasteiger partial charge on any atom is 0.321 e. The van der Waals surface area contributed by atoms with Crippen LogP contribution in [0.4, 0.5) is 10.5 Å². The second-order valence-electron chi connectivity index (χ2n) is 5.71. The van der Waals surface area contributed by atoms with Crippen molar-refractivity contribution in [2.45, 2.75) is 39.7 Å². The zero-order valence-corrected chi connectivity index (χ0v) is 12.9. The van der Waals surface area contributed by atoms with Crippen LogP contribution in [-0.2, 0) is 4.79 Å². The largest absolute Gasteiger partial charge is 0.353 e. The highest BCUT2D eigenvalue weighted by atomic mass is 16.2. The highest BCUT2D eigenvalue weighted by Gasteiger charge is 2.23. The van der Waals surface area contributed by atoms with Gasteiger partial charge >= 0.3 is 6.03 Å². The van der Waals surface area contributed by atoms with Crippen molar-refractivity contribution in [3.05, 3.63) is 29.3 Å². The number of rotatable bonds is 2. The molecule has 5 nitrogen and oxygen atoms in total. The van der Waals surface area contributed by atoms with Gasteiger partial charge in [0.05, 0.1) is 0 Å². The minimum absolute atomic E-state index is 0.00622. The molecule has 1 heterocycles. The normalized spacial score (nSPS) is 15.7. The third kappa shape index (κ3) is 4.21. The van der Waals surface area contributed by atoms with E-state index >= 15 is 0 Å². The molecule has 1 aliphatic heterocycles. The third-order valence-corrected chi connectivity index (χ3v) is 3.82. The van der Waals surface area contributed by atoms with Gasteiger partial charge in [0, 0.05) is 31.7 Å². The fourth-order valence-electron chi connectivity index (χ4n) is 2.58. The second kappa shape index (κ2) is 6.61. The molecule has 114 valence electrons. The summed E-state index contributed by atoms with van der Waals surface area (Å²) in [5.74, 6) is -0.00622.